The molecule has 2 atom stereocenters. The number of esters is 5. The Hall–Kier alpha value is -4.25. The zero-order chi connectivity index (χ0) is 63.2. The second-order valence-corrected chi connectivity index (χ2v) is 18.6. The van der Waals surface area contributed by atoms with E-state index in [1.165, 1.54) is 12.2 Å². The summed E-state index contributed by atoms with van der Waals surface area (Å²) in [6.45, 7) is 5.92. The summed E-state index contributed by atoms with van der Waals surface area (Å²) in [6, 6.07) is 6.49. The number of carbonyl (C=O) groups excluding carboxylic acids is 5. The Morgan fingerprint density at radius 1 is 0.370 bits per heavy atom. The molecule has 0 radical (unpaired) electrons. The van der Waals surface area contributed by atoms with Crippen LogP contribution in [0, 0.1) is 0 Å². The van der Waals surface area contributed by atoms with Crippen LogP contribution >= 0.6 is 0 Å². The zero-order valence-electron chi connectivity index (χ0n) is 50.5. The lowest BCUT2D eigenvalue weighted by molar-refractivity contribution is -0.154. The molecule has 11 N–H and O–H groups in total. The number of aliphatic hydroxyl groups is 11. The number of benzene rings is 1. The monoisotopic (exact) mass is 1340 g/mol. The maximum Gasteiger partial charge on any atom is 0.339 e. The van der Waals surface area contributed by atoms with Crippen molar-refractivity contribution >= 4 is 29.8 Å². The number of carbonyl (C=O) groups is 5. The Morgan fingerprint density at radius 3 is 1.05 bits per heavy atom. The van der Waals surface area contributed by atoms with E-state index >= 15 is 0 Å². The van der Waals surface area contributed by atoms with Crippen LogP contribution in [0.25, 0.3) is 0 Å². The summed E-state index contributed by atoms with van der Waals surface area (Å²) in [7, 11) is 0. The SMILES string of the molecule is C.C.C.C.C.C.C.C.CC(COCCO)OCCO.O=C(CCCCCO)OCCOCCOC(=O)CCCCCO.O=C(OCCCCCCO)C(O)CCCCCO.O=C(OCCCCCCO)c1ccccc1C(=O)OCCCCCCO.OC/C=C/CO. The van der Waals surface area contributed by atoms with Crippen LogP contribution in [0.15, 0.2) is 36.4 Å². The Morgan fingerprint density at radius 2 is 0.707 bits per heavy atom. The first kappa shape index (κ1) is 115. The van der Waals surface area contributed by atoms with Crippen LogP contribution in [0.1, 0.15) is 241 Å². The van der Waals surface area contributed by atoms with Gasteiger partial charge in [-0.25, -0.2) is 14.4 Å². The minimum atomic E-state index is -1.04. The molecule has 0 amide bonds. The normalized spacial score (nSPS) is 10.3. The average molecular weight is 1340 g/mol. The topological polar surface area (TPSA) is 382 Å². The van der Waals surface area contributed by atoms with Crippen molar-refractivity contribution in [2.45, 2.75) is 233 Å². The summed E-state index contributed by atoms with van der Waals surface area (Å²) >= 11 is 0. The molecule has 0 saturated carbocycles. The highest BCUT2D eigenvalue weighted by Gasteiger charge is 2.19. The molecule has 92 heavy (non-hydrogen) atoms. The summed E-state index contributed by atoms with van der Waals surface area (Å²) in [4.78, 5) is 58.4. The highest BCUT2D eigenvalue weighted by molar-refractivity contribution is 6.03. The molecule has 2 unspecified atom stereocenters. The van der Waals surface area contributed by atoms with Gasteiger partial charge in [0.05, 0.1) is 96.5 Å². The summed E-state index contributed by atoms with van der Waals surface area (Å²) in [5.41, 5.74) is 0.432. The van der Waals surface area contributed by atoms with Crippen LogP contribution in [-0.2, 0) is 52.3 Å². The van der Waals surface area contributed by atoms with Crippen LogP contribution < -0.4 is 0 Å². The molecule has 0 saturated heterocycles. The van der Waals surface area contributed by atoms with E-state index in [4.69, 9.17) is 89.0 Å². The lowest BCUT2D eigenvalue weighted by atomic mass is 10.1. The molecular weight excluding hydrogens is 1200 g/mol. The number of rotatable bonds is 51. The van der Waals surface area contributed by atoms with Crippen LogP contribution in [0.5, 0.6) is 0 Å². The maximum absolute atomic E-state index is 12.2. The lowest BCUT2D eigenvalue weighted by Gasteiger charge is -2.11. The van der Waals surface area contributed by atoms with Gasteiger partial charge in [-0.05, 0) is 115 Å². The van der Waals surface area contributed by atoms with E-state index in [1.807, 2.05) is 6.92 Å². The quantitative estimate of drug-likeness (QED) is 0.0125. The molecule has 0 aliphatic heterocycles. The van der Waals surface area contributed by atoms with Gasteiger partial charge in [-0.15, -0.1) is 0 Å². The molecular formula is C68H142O24. The number of hydrogen-bond acceptors (Lipinski definition) is 24. The molecule has 0 aromatic heterocycles. The molecule has 0 heterocycles. The molecule has 0 spiro atoms. The molecule has 24 nitrogen and oxygen atoms in total. The van der Waals surface area contributed by atoms with Gasteiger partial charge in [-0.1, -0.05) is 129 Å². The molecule has 0 bridgehead atoms. The smallest absolute Gasteiger partial charge is 0.339 e. The Bertz CT molecular complexity index is 1530. The molecule has 1 rings (SSSR count). The zero-order valence-corrected chi connectivity index (χ0v) is 50.5. The van der Waals surface area contributed by atoms with Crippen molar-refractivity contribution in [1.29, 1.82) is 0 Å². The lowest BCUT2D eigenvalue weighted by Crippen LogP contribution is -2.23. The van der Waals surface area contributed by atoms with Gasteiger partial charge in [0.25, 0.3) is 0 Å². The van der Waals surface area contributed by atoms with Crippen molar-refractivity contribution in [3.8, 4) is 0 Å². The molecule has 0 aliphatic rings. The fourth-order valence-electron chi connectivity index (χ4n) is 6.60. The van der Waals surface area contributed by atoms with E-state index in [-0.39, 0.29) is 181 Å². The number of ether oxygens (including phenoxy) is 8. The Balaban J connectivity index is -0.0000000899. The minimum Gasteiger partial charge on any atom is -0.464 e. The van der Waals surface area contributed by atoms with Crippen molar-refractivity contribution in [1.82, 2.24) is 0 Å². The number of hydrogen-bond donors (Lipinski definition) is 11. The summed E-state index contributed by atoms with van der Waals surface area (Å²) in [6.07, 6.45) is 19.6. The Kier molecular flexibility index (Phi) is 122. The third-order valence-electron chi connectivity index (χ3n) is 11.2. The van der Waals surface area contributed by atoms with Gasteiger partial charge < -0.3 is 94.1 Å². The third-order valence-corrected chi connectivity index (χ3v) is 11.2. The fourth-order valence-corrected chi connectivity index (χ4v) is 6.60. The van der Waals surface area contributed by atoms with E-state index in [0.29, 0.717) is 97.4 Å². The highest BCUT2D eigenvalue weighted by atomic mass is 16.6. The van der Waals surface area contributed by atoms with E-state index in [0.717, 1.165) is 96.3 Å². The molecule has 558 valence electrons. The van der Waals surface area contributed by atoms with E-state index < -0.39 is 24.0 Å². The number of unbranched alkanes of at least 4 members (excludes halogenated alkanes) is 15. The van der Waals surface area contributed by atoms with E-state index in [9.17, 15) is 29.1 Å². The van der Waals surface area contributed by atoms with Crippen molar-refractivity contribution in [3.63, 3.8) is 0 Å². The Labute approximate surface area is 558 Å². The number of aliphatic hydroxyl groups excluding tert-OH is 11. The molecule has 24 heteroatoms. The summed E-state index contributed by atoms with van der Waals surface area (Å²) < 4.78 is 40.6. The van der Waals surface area contributed by atoms with Gasteiger partial charge >= 0.3 is 29.8 Å². The largest absolute Gasteiger partial charge is 0.464 e. The van der Waals surface area contributed by atoms with Crippen molar-refractivity contribution in [2.75, 3.05) is 132 Å². The van der Waals surface area contributed by atoms with Gasteiger partial charge in [0.15, 0.2) is 6.10 Å². The first-order valence-corrected chi connectivity index (χ1v) is 30.0. The highest BCUT2D eigenvalue weighted by Crippen LogP contribution is 2.14. The van der Waals surface area contributed by atoms with Crippen LogP contribution in [0.4, 0.5) is 0 Å². The standard InChI is InChI=1S/C20H30O6.C16H30O7.C13H26O5.C7H16O4.C4H8O2.8CH4/c21-13-7-1-3-9-15-25-19(23)17-11-5-6-12-18(17)20(24)26-16-10-4-2-8-14-22;17-9-5-1-3-7-15(19)22-13-11-21-12-14-23-16(20)8-4-2-6-10-18;14-9-5-1-2-7-11-18-13(17)12(16)8-4-3-6-10-15;1-7(11-5-3-9)6-10-4-2-8;5-3-1-2-4-6;;;;;;;;/h5-6,11-12,21-22H,1-4,7-10,13-16H2;17-18H,1-14H2;12,14-16H,1-11H2;7-9H,2-6H2,1H3;1-2,5-6H,3-4H2;8*1H4/b;;;;2-1+;;;;;;;;. The van der Waals surface area contributed by atoms with Gasteiger partial charge in [0.2, 0.25) is 0 Å². The fraction of sp³-hybridized carbons (Fsp3) is 0.809. The minimum absolute atomic E-state index is 0. The average Bonchev–Trinajstić information content (AvgIpc) is 0.965. The van der Waals surface area contributed by atoms with Gasteiger partial charge in [0, 0.05) is 52.5 Å². The van der Waals surface area contributed by atoms with Crippen LogP contribution in [0.3, 0.4) is 0 Å². The van der Waals surface area contributed by atoms with Gasteiger partial charge in [-0.3, -0.25) is 9.59 Å². The van der Waals surface area contributed by atoms with E-state index in [2.05, 4.69) is 0 Å². The summed E-state index contributed by atoms with van der Waals surface area (Å²) in [5.74, 6) is -2.13. The van der Waals surface area contributed by atoms with Gasteiger partial charge in [-0.2, -0.15) is 0 Å². The van der Waals surface area contributed by atoms with Gasteiger partial charge in [0.1, 0.15) is 13.2 Å². The predicted octanol–water partition coefficient (Wildman–Crippen LogP) is 9.31. The summed E-state index contributed by atoms with van der Waals surface area (Å²) in [5, 5.41) is 94.0. The predicted molar refractivity (Wildman–Crippen MR) is 368 cm³/mol. The maximum atomic E-state index is 12.2. The first-order valence-electron chi connectivity index (χ1n) is 30.0. The van der Waals surface area contributed by atoms with Crippen molar-refractivity contribution in [2.24, 2.45) is 0 Å². The van der Waals surface area contributed by atoms with Crippen molar-refractivity contribution in [3.05, 3.63) is 47.5 Å². The van der Waals surface area contributed by atoms with Crippen molar-refractivity contribution < 1.29 is 118 Å². The molecule has 1 aromatic rings. The van der Waals surface area contributed by atoms with Crippen LogP contribution in [0.2, 0.25) is 0 Å². The first-order chi connectivity index (χ1) is 40.8. The van der Waals surface area contributed by atoms with E-state index in [1.54, 1.807) is 24.3 Å². The second-order valence-electron chi connectivity index (χ2n) is 18.6. The van der Waals surface area contributed by atoms with Crippen LogP contribution in [-0.4, -0.2) is 230 Å². The molecule has 0 aliphatic carbocycles. The third kappa shape index (κ3) is 89.9. The second kappa shape index (κ2) is 97.8. The molecule has 0 fully saturated rings. The molecule has 1 aromatic carbocycles.